The molecule has 1 heterocycles. The fourth-order valence-electron chi connectivity index (χ4n) is 2.97. The largest absolute Gasteiger partial charge is 0.465 e. The molecular weight excluding hydrogens is 404 g/mol. The van der Waals surface area contributed by atoms with Crippen LogP contribution in [0.1, 0.15) is 25.0 Å². The Morgan fingerprint density at radius 2 is 1.83 bits per heavy atom. The zero-order chi connectivity index (χ0) is 20.8. The standard InChI is InChI=1S/C22H24N2O3S2/c1-4-15-6-8-16(9-7-15)12-20(25)23-22-24(14-21(26)27-5-2)18-11-10-17(28-3)13-19(18)29-22/h6-11,13H,4-5,12,14H2,1-3H3. The highest BCUT2D eigenvalue weighted by atomic mass is 32.2. The van der Waals surface area contributed by atoms with Gasteiger partial charge in [-0.15, -0.1) is 11.8 Å². The van der Waals surface area contributed by atoms with E-state index in [1.165, 1.54) is 16.9 Å². The normalized spacial score (nSPS) is 11.8. The van der Waals surface area contributed by atoms with E-state index in [2.05, 4.69) is 18.0 Å². The number of aromatic nitrogens is 1. The second kappa shape index (κ2) is 9.89. The summed E-state index contributed by atoms with van der Waals surface area (Å²) in [6.07, 6.45) is 3.21. The number of amides is 1. The fraction of sp³-hybridized carbons (Fsp3) is 0.318. The molecule has 0 spiro atoms. The molecule has 0 unspecified atom stereocenters. The van der Waals surface area contributed by atoms with E-state index in [0.29, 0.717) is 11.4 Å². The third-order valence-electron chi connectivity index (χ3n) is 4.49. The van der Waals surface area contributed by atoms with E-state index < -0.39 is 0 Å². The molecule has 0 N–H and O–H groups in total. The van der Waals surface area contributed by atoms with Crippen molar-refractivity contribution in [3.05, 3.63) is 58.4 Å². The van der Waals surface area contributed by atoms with Gasteiger partial charge in [-0.2, -0.15) is 4.99 Å². The lowest BCUT2D eigenvalue weighted by molar-refractivity contribution is -0.143. The molecule has 7 heteroatoms. The number of hydrogen-bond acceptors (Lipinski definition) is 5. The minimum absolute atomic E-state index is 0.0315. The quantitative estimate of drug-likeness (QED) is 0.418. The van der Waals surface area contributed by atoms with Crippen molar-refractivity contribution >= 4 is 45.2 Å². The number of thioether (sulfide) groups is 1. The van der Waals surface area contributed by atoms with Crippen molar-refractivity contribution in [1.82, 2.24) is 4.57 Å². The summed E-state index contributed by atoms with van der Waals surface area (Å²) >= 11 is 3.06. The maximum absolute atomic E-state index is 12.6. The number of rotatable bonds is 7. The van der Waals surface area contributed by atoms with Gasteiger partial charge in [0, 0.05) is 4.90 Å². The van der Waals surface area contributed by atoms with Gasteiger partial charge in [0.05, 0.1) is 23.2 Å². The number of fused-ring (bicyclic) bond motifs is 1. The van der Waals surface area contributed by atoms with Crippen molar-refractivity contribution in [1.29, 1.82) is 0 Å². The first-order chi connectivity index (χ1) is 14.0. The fourth-order valence-corrected chi connectivity index (χ4v) is 4.57. The van der Waals surface area contributed by atoms with Crippen LogP contribution in [-0.4, -0.2) is 29.3 Å². The molecule has 0 aliphatic carbocycles. The molecule has 29 heavy (non-hydrogen) atoms. The molecule has 1 amide bonds. The first-order valence-corrected chi connectivity index (χ1v) is 11.6. The van der Waals surface area contributed by atoms with Crippen LogP contribution in [0.4, 0.5) is 0 Å². The van der Waals surface area contributed by atoms with E-state index in [1.54, 1.807) is 23.3 Å². The molecule has 0 saturated heterocycles. The monoisotopic (exact) mass is 428 g/mol. The number of benzene rings is 2. The molecule has 0 aliphatic heterocycles. The van der Waals surface area contributed by atoms with Gasteiger partial charge in [0.15, 0.2) is 4.80 Å². The Balaban J connectivity index is 1.96. The first-order valence-electron chi connectivity index (χ1n) is 9.52. The molecule has 3 rings (SSSR count). The van der Waals surface area contributed by atoms with Gasteiger partial charge in [0.2, 0.25) is 0 Å². The van der Waals surface area contributed by atoms with E-state index in [4.69, 9.17) is 4.74 Å². The molecule has 0 atom stereocenters. The first kappa shape index (κ1) is 21.3. The van der Waals surface area contributed by atoms with E-state index in [-0.39, 0.29) is 24.8 Å². The zero-order valence-corrected chi connectivity index (χ0v) is 18.4. The summed E-state index contributed by atoms with van der Waals surface area (Å²) in [7, 11) is 0. The summed E-state index contributed by atoms with van der Waals surface area (Å²) in [6.45, 7) is 4.22. The highest BCUT2D eigenvalue weighted by Gasteiger charge is 2.13. The molecule has 2 aromatic carbocycles. The number of hydrogen-bond donors (Lipinski definition) is 0. The van der Waals surface area contributed by atoms with Gasteiger partial charge in [-0.05, 0) is 48.9 Å². The zero-order valence-electron chi connectivity index (χ0n) is 16.8. The summed E-state index contributed by atoms with van der Waals surface area (Å²) in [5, 5.41) is 0. The highest BCUT2D eigenvalue weighted by Crippen LogP contribution is 2.24. The Morgan fingerprint density at radius 1 is 1.10 bits per heavy atom. The van der Waals surface area contributed by atoms with Crippen LogP contribution >= 0.6 is 23.1 Å². The number of ether oxygens (including phenoxy) is 1. The summed E-state index contributed by atoms with van der Waals surface area (Å²) in [5.41, 5.74) is 3.04. The number of thiazole rings is 1. The number of nitrogens with zero attached hydrogens (tertiary/aromatic N) is 2. The van der Waals surface area contributed by atoms with E-state index in [0.717, 1.165) is 27.1 Å². The van der Waals surface area contributed by atoms with E-state index in [1.807, 2.05) is 42.7 Å². The number of aryl methyl sites for hydroxylation is 1. The predicted octanol–water partition coefficient (Wildman–Crippen LogP) is 4.22. The van der Waals surface area contributed by atoms with Crippen molar-refractivity contribution in [2.24, 2.45) is 4.99 Å². The lowest BCUT2D eigenvalue weighted by Gasteiger charge is -2.05. The number of carbonyl (C=O) groups excluding carboxylic acids is 2. The number of carbonyl (C=O) groups is 2. The smallest absolute Gasteiger partial charge is 0.326 e. The maximum Gasteiger partial charge on any atom is 0.326 e. The van der Waals surface area contributed by atoms with Gasteiger partial charge in [-0.25, -0.2) is 0 Å². The van der Waals surface area contributed by atoms with Crippen molar-refractivity contribution in [3.8, 4) is 0 Å². The Bertz CT molecular complexity index is 1080. The molecule has 0 fully saturated rings. The predicted molar refractivity (Wildman–Crippen MR) is 118 cm³/mol. The Kier molecular flexibility index (Phi) is 7.28. The van der Waals surface area contributed by atoms with Crippen molar-refractivity contribution < 1.29 is 14.3 Å². The van der Waals surface area contributed by atoms with Gasteiger partial charge < -0.3 is 9.30 Å². The molecule has 1 aromatic heterocycles. The lowest BCUT2D eigenvalue weighted by atomic mass is 10.1. The van der Waals surface area contributed by atoms with Crippen molar-refractivity contribution in [3.63, 3.8) is 0 Å². The van der Waals surface area contributed by atoms with Crippen LogP contribution in [0.3, 0.4) is 0 Å². The van der Waals surface area contributed by atoms with Crippen LogP contribution < -0.4 is 4.80 Å². The van der Waals surface area contributed by atoms with Crippen LogP contribution in [-0.2, 0) is 33.7 Å². The molecular formula is C22H24N2O3S2. The molecule has 0 bridgehead atoms. The molecule has 0 aliphatic rings. The molecule has 3 aromatic rings. The summed E-state index contributed by atoms with van der Waals surface area (Å²) in [5.74, 6) is -0.575. The highest BCUT2D eigenvalue weighted by molar-refractivity contribution is 7.98. The van der Waals surface area contributed by atoms with Gasteiger partial charge >= 0.3 is 5.97 Å². The molecule has 152 valence electrons. The van der Waals surface area contributed by atoms with Gasteiger partial charge in [-0.1, -0.05) is 42.5 Å². The third-order valence-corrected chi connectivity index (χ3v) is 6.26. The van der Waals surface area contributed by atoms with Gasteiger partial charge in [0.1, 0.15) is 6.54 Å². The van der Waals surface area contributed by atoms with E-state index in [9.17, 15) is 9.59 Å². The SMILES string of the molecule is CCOC(=O)Cn1c(=NC(=O)Cc2ccc(CC)cc2)sc2cc(SC)ccc21. The Morgan fingerprint density at radius 3 is 2.48 bits per heavy atom. The second-order valence-electron chi connectivity index (χ2n) is 6.46. The minimum Gasteiger partial charge on any atom is -0.465 e. The van der Waals surface area contributed by atoms with Crippen LogP contribution in [0.2, 0.25) is 0 Å². The topological polar surface area (TPSA) is 60.7 Å². The molecule has 0 radical (unpaired) electrons. The Labute approximate surface area is 178 Å². The number of esters is 1. The molecule has 5 nitrogen and oxygen atoms in total. The lowest BCUT2D eigenvalue weighted by Crippen LogP contribution is -2.23. The summed E-state index contributed by atoms with van der Waals surface area (Å²) in [4.78, 5) is 30.7. The van der Waals surface area contributed by atoms with Gasteiger partial charge in [-0.3, -0.25) is 9.59 Å². The van der Waals surface area contributed by atoms with Crippen LogP contribution in [0, 0.1) is 0 Å². The Hall–Kier alpha value is -2.38. The van der Waals surface area contributed by atoms with Crippen LogP contribution in [0.15, 0.2) is 52.4 Å². The third kappa shape index (κ3) is 5.36. The van der Waals surface area contributed by atoms with Crippen LogP contribution in [0.5, 0.6) is 0 Å². The summed E-state index contributed by atoms with van der Waals surface area (Å²) in [6, 6.07) is 14.0. The van der Waals surface area contributed by atoms with E-state index >= 15 is 0 Å². The average Bonchev–Trinajstić information content (AvgIpc) is 3.04. The maximum atomic E-state index is 12.6. The second-order valence-corrected chi connectivity index (χ2v) is 8.35. The van der Waals surface area contributed by atoms with Crippen molar-refractivity contribution in [2.75, 3.05) is 12.9 Å². The molecule has 0 saturated carbocycles. The summed E-state index contributed by atoms with van der Waals surface area (Å²) < 4.78 is 7.85. The minimum atomic E-state index is -0.342. The average molecular weight is 429 g/mol. The van der Waals surface area contributed by atoms with Gasteiger partial charge in [0.25, 0.3) is 5.91 Å². The van der Waals surface area contributed by atoms with Crippen LogP contribution in [0.25, 0.3) is 10.2 Å². The van der Waals surface area contributed by atoms with Crippen molar-refractivity contribution in [2.45, 2.75) is 38.1 Å².